The van der Waals surface area contributed by atoms with Crippen molar-refractivity contribution in [1.82, 2.24) is 4.90 Å². The van der Waals surface area contributed by atoms with Crippen molar-refractivity contribution in [3.05, 3.63) is 21.9 Å². The van der Waals surface area contributed by atoms with Crippen molar-refractivity contribution in [3.8, 4) is 0 Å². The van der Waals surface area contributed by atoms with E-state index in [1.54, 1.807) is 0 Å². The molecule has 3 heteroatoms. The van der Waals surface area contributed by atoms with Crippen molar-refractivity contribution < 1.29 is 0 Å². The van der Waals surface area contributed by atoms with E-state index in [1.165, 1.54) is 49.1 Å². The molecule has 20 heavy (non-hydrogen) atoms. The van der Waals surface area contributed by atoms with Gasteiger partial charge < -0.3 is 5.73 Å². The number of hydrogen-bond acceptors (Lipinski definition) is 3. The first-order valence-corrected chi connectivity index (χ1v) is 9.12. The van der Waals surface area contributed by atoms with Crippen molar-refractivity contribution in [1.29, 1.82) is 0 Å². The largest absolute Gasteiger partial charge is 0.326 e. The van der Waals surface area contributed by atoms with Crippen LogP contribution in [0.25, 0.3) is 0 Å². The number of nitrogens with zero attached hydrogens (tertiary/aromatic N) is 1. The second-order valence-corrected chi connectivity index (χ2v) is 7.08. The molecule has 0 amide bonds. The molecule has 0 radical (unpaired) electrons. The second kappa shape index (κ2) is 7.58. The third kappa shape index (κ3) is 3.44. The van der Waals surface area contributed by atoms with Gasteiger partial charge in [0.2, 0.25) is 0 Å². The monoisotopic (exact) mass is 294 g/mol. The van der Waals surface area contributed by atoms with Gasteiger partial charge in [-0.1, -0.05) is 26.7 Å². The quantitative estimate of drug-likeness (QED) is 0.867. The maximum Gasteiger partial charge on any atom is 0.0598 e. The summed E-state index contributed by atoms with van der Waals surface area (Å²) in [6.07, 6.45) is 7.73. The van der Waals surface area contributed by atoms with E-state index in [1.807, 2.05) is 11.3 Å². The van der Waals surface area contributed by atoms with Crippen LogP contribution in [-0.2, 0) is 0 Å². The standard InChI is InChI=1S/C17H30N2S/c1-4-14-9-7-6-8-11-19(14)16(15(18)5-2)17-13(3)10-12-20-17/h10,12,14-16H,4-9,11,18H2,1-3H3. The summed E-state index contributed by atoms with van der Waals surface area (Å²) in [5.74, 6) is 0. The zero-order valence-electron chi connectivity index (χ0n) is 13.3. The number of aryl methyl sites for hydroxylation is 1. The molecule has 2 heterocycles. The van der Waals surface area contributed by atoms with Crippen LogP contribution in [0.2, 0.25) is 0 Å². The molecule has 1 aromatic heterocycles. The predicted molar refractivity (Wildman–Crippen MR) is 89.3 cm³/mol. The molecule has 0 bridgehead atoms. The van der Waals surface area contributed by atoms with Gasteiger partial charge in [0.1, 0.15) is 0 Å². The Morgan fingerprint density at radius 2 is 2.15 bits per heavy atom. The van der Waals surface area contributed by atoms with Gasteiger partial charge >= 0.3 is 0 Å². The number of hydrogen-bond donors (Lipinski definition) is 1. The van der Waals surface area contributed by atoms with Crippen LogP contribution in [-0.4, -0.2) is 23.5 Å². The fraction of sp³-hybridized carbons (Fsp3) is 0.765. The van der Waals surface area contributed by atoms with Crippen molar-refractivity contribution in [3.63, 3.8) is 0 Å². The number of thiophene rings is 1. The summed E-state index contributed by atoms with van der Waals surface area (Å²) in [5, 5.41) is 2.22. The summed E-state index contributed by atoms with van der Waals surface area (Å²) in [6.45, 7) is 8.01. The van der Waals surface area contributed by atoms with E-state index >= 15 is 0 Å². The van der Waals surface area contributed by atoms with Crippen LogP contribution in [0.3, 0.4) is 0 Å². The highest BCUT2D eigenvalue weighted by molar-refractivity contribution is 7.10. The van der Waals surface area contributed by atoms with Gasteiger partial charge in [-0.05, 0) is 56.2 Å². The number of rotatable bonds is 5. The average Bonchev–Trinajstić information content (AvgIpc) is 2.74. The molecular formula is C17H30N2S. The fourth-order valence-corrected chi connectivity index (χ4v) is 4.63. The Balaban J connectivity index is 2.31. The van der Waals surface area contributed by atoms with Crippen molar-refractivity contribution in [2.45, 2.75) is 77.4 Å². The van der Waals surface area contributed by atoms with E-state index in [9.17, 15) is 0 Å². The summed E-state index contributed by atoms with van der Waals surface area (Å²) < 4.78 is 0. The Labute approximate surface area is 128 Å². The molecule has 0 aliphatic carbocycles. The van der Waals surface area contributed by atoms with Crippen molar-refractivity contribution >= 4 is 11.3 Å². The molecule has 1 aliphatic heterocycles. The lowest BCUT2D eigenvalue weighted by molar-refractivity contribution is 0.113. The van der Waals surface area contributed by atoms with Gasteiger partial charge in [0.25, 0.3) is 0 Å². The van der Waals surface area contributed by atoms with E-state index in [2.05, 4.69) is 37.1 Å². The van der Waals surface area contributed by atoms with Gasteiger partial charge in [0.15, 0.2) is 0 Å². The van der Waals surface area contributed by atoms with Gasteiger partial charge in [-0.15, -0.1) is 11.3 Å². The Morgan fingerprint density at radius 1 is 1.35 bits per heavy atom. The van der Waals surface area contributed by atoms with Crippen LogP contribution < -0.4 is 5.73 Å². The minimum atomic E-state index is 0.250. The van der Waals surface area contributed by atoms with Crippen LogP contribution in [0.15, 0.2) is 11.4 Å². The summed E-state index contributed by atoms with van der Waals surface area (Å²) in [7, 11) is 0. The molecule has 3 atom stereocenters. The predicted octanol–water partition coefficient (Wildman–Crippen LogP) is 4.49. The minimum Gasteiger partial charge on any atom is -0.326 e. The SMILES string of the molecule is CCC(N)C(c1sccc1C)N1CCCCCC1CC. The topological polar surface area (TPSA) is 29.3 Å². The third-order valence-corrected chi connectivity index (χ3v) is 5.89. The van der Waals surface area contributed by atoms with E-state index in [4.69, 9.17) is 5.73 Å². The highest BCUT2D eigenvalue weighted by Crippen LogP contribution is 2.36. The van der Waals surface area contributed by atoms with Gasteiger partial charge in [-0.25, -0.2) is 0 Å². The molecule has 2 nitrogen and oxygen atoms in total. The molecule has 3 unspecified atom stereocenters. The third-order valence-electron chi connectivity index (χ3n) is 4.80. The smallest absolute Gasteiger partial charge is 0.0598 e. The van der Waals surface area contributed by atoms with E-state index in [0.29, 0.717) is 12.1 Å². The first kappa shape index (κ1) is 16.0. The van der Waals surface area contributed by atoms with E-state index in [0.717, 1.165) is 6.42 Å². The molecule has 1 saturated heterocycles. The molecule has 1 fully saturated rings. The molecule has 1 aliphatic rings. The zero-order valence-corrected chi connectivity index (χ0v) is 14.1. The summed E-state index contributed by atoms with van der Waals surface area (Å²) in [4.78, 5) is 4.24. The van der Waals surface area contributed by atoms with Crippen molar-refractivity contribution in [2.75, 3.05) is 6.54 Å². The molecular weight excluding hydrogens is 264 g/mol. The average molecular weight is 295 g/mol. The maximum absolute atomic E-state index is 6.54. The Bertz CT molecular complexity index is 401. The highest BCUT2D eigenvalue weighted by atomic mass is 32.1. The van der Waals surface area contributed by atoms with Crippen molar-refractivity contribution in [2.24, 2.45) is 5.73 Å². The van der Waals surface area contributed by atoms with Gasteiger partial charge in [-0.2, -0.15) is 0 Å². The molecule has 1 aromatic rings. The second-order valence-electron chi connectivity index (χ2n) is 6.13. The van der Waals surface area contributed by atoms with Crippen LogP contribution in [0.4, 0.5) is 0 Å². The van der Waals surface area contributed by atoms with Gasteiger partial charge in [-0.3, -0.25) is 4.90 Å². The first-order valence-electron chi connectivity index (χ1n) is 8.24. The molecule has 0 spiro atoms. The lowest BCUT2D eigenvalue weighted by atomic mass is 9.97. The Kier molecular flexibility index (Phi) is 6.06. The number of nitrogens with two attached hydrogens (primary N) is 1. The molecule has 0 saturated carbocycles. The van der Waals surface area contributed by atoms with Crippen LogP contribution in [0, 0.1) is 6.92 Å². The van der Waals surface area contributed by atoms with Crippen LogP contribution >= 0.6 is 11.3 Å². The summed E-state index contributed by atoms with van der Waals surface area (Å²) in [5.41, 5.74) is 7.96. The minimum absolute atomic E-state index is 0.250. The normalized spacial score (nSPS) is 24.3. The van der Waals surface area contributed by atoms with Crippen LogP contribution in [0.1, 0.15) is 68.9 Å². The van der Waals surface area contributed by atoms with Crippen LogP contribution in [0.5, 0.6) is 0 Å². The highest BCUT2D eigenvalue weighted by Gasteiger charge is 2.32. The van der Waals surface area contributed by atoms with Gasteiger partial charge in [0.05, 0.1) is 6.04 Å². The maximum atomic E-state index is 6.54. The Morgan fingerprint density at radius 3 is 2.75 bits per heavy atom. The van der Waals surface area contributed by atoms with Gasteiger partial charge in [0, 0.05) is 17.0 Å². The fourth-order valence-electron chi connectivity index (χ4n) is 3.51. The molecule has 0 aromatic carbocycles. The van der Waals surface area contributed by atoms with E-state index < -0.39 is 0 Å². The molecule has 114 valence electrons. The molecule has 2 rings (SSSR count). The summed E-state index contributed by atoms with van der Waals surface area (Å²) in [6, 6.07) is 3.62. The first-order chi connectivity index (χ1) is 9.69. The lowest BCUT2D eigenvalue weighted by Gasteiger charge is -2.39. The Hall–Kier alpha value is -0.380. The molecule has 2 N–H and O–H groups in total. The zero-order chi connectivity index (χ0) is 14.5. The summed E-state index contributed by atoms with van der Waals surface area (Å²) >= 11 is 1.89. The van der Waals surface area contributed by atoms with E-state index in [-0.39, 0.29) is 6.04 Å². The lowest BCUT2D eigenvalue weighted by Crippen LogP contribution is -2.45. The number of likely N-dealkylation sites (tertiary alicyclic amines) is 1.